The summed E-state index contributed by atoms with van der Waals surface area (Å²) in [6, 6.07) is 1.63. The molecular formula is C13H14N2O4. The van der Waals surface area contributed by atoms with Crippen LogP contribution in [0.25, 0.3) is 6.08 Å². The Hall–Kier alpha value is -2.21. The molecule has 0 spiro atoms. The van der Waals surface area contributed by atoms with Crippen LogP contribution >= 0.6 is 0 Å². The second-order valence-corrected chi connectivity index (χ2v) is 4.21. The maximum absolute atomic E-state index is 11.9. The number of aromatic nitrogens is 1. The van der Waals surface area contributed by atoms with Crippen molar-refractivity contribution in [1.82, 2.24) is 10.3 Å². The Morgan fingerprint density at radius 1 is 1.47 bits per heavy atom. The van der Waals surface area contributed by atoms with E-state index in [0.717, 1.165) is 12.5 Å². The SMILES string of the molecule is O=C(O)/C=C/c1cncc(C(=O)NC2CCOC2)c1. The number of amides is 1. The third-order valence-electron chi connectivity index (χ3n) is 2.70. The van der Waals surface area contributed by atoms with Gasteiger partial charge in [0.2, 0.25) is 0 Å². The van der Waals surface area contributed by atoms with E-state index in [4.69, 9.17) is 9.84 Å². The lowest BCUT2D eigenvalue weighted by molar-refractivity contribution is -0.131. The summed E-state index contributed by atoms with van der Waals surface area (Å²) in [6.07, 6.45) is 6.14. The van der Waals surface area contributed by atoms with Gasteiger partial charge in [-0.15, -0.1) is 0 Å². The van der Waals surface area contributed by atoms with E-state index in [2.05, 4.69) is 10.3 Å². The van der Waals surface area contributed by atoms with Crippen molar-refractivity contribution in [2.24, 2.45) is 0 Å². The first-order chi connectivity index (χ1) is 9.15. The van der Waals surface area contributed by atoms with Crippen molar-refractivity contribution < 1.29 is 19.4 Å². The predicted molar refractivity (Wildman–Crippen MR) is 67.6 cm³/mol. The number of hydrogen-bond donors (Lipinski definition) is 2. The van der Waals surface area contributed by atoms with Crippen LogP contribution in [0.4, 0.5) is 0 Å². The summed E-state index contributed by atoms with van der Waals surface area (Å²) in [7, 11) is 0. The standard InChI is InChI=1S/C13H14N2O4/c16-12(17)2-1-9-5-10(7-14-6-9)13(18)15-11-3-4-19-8-11/h1-2,5-7,11H,3-4,8H2,(H,15,18)(H,16,17)/b2-1+. The number of hydrogen-bond acceptors (Lipinski definition) is 4. The number of nitrogens with one attached hydrogen (secondary N) is 1. The molecule has 1 atom stereocenters. The lowest BCUT2D eigenvalue weighted by atomic mass is 10.1. The molecule has 1 amide bonds. The van der Waals surface area contributed by atoms with Gasteiger partial charge in [0, 0.05) is 25.1 Å². The van der Waals surface area contributed by atoms with Crippen molar-refractivity contribution in [2.45, 2.75) is 12.5 Å². The molecule has 100 valence electrons. The molecular weight excluding hydrogens is 248 g/mol. The van der Waals surface area contributed by atoms with Crippen LogP contribution in [0.1, 0.15) is 22.3 Å². The van der Waals surface area contributed by atoms with Crippen LogP contribution in [0.15, 0.2) is 24.5 Å². The van der Waals surface area contributed by atoms with Gasteiger partial charge in [-0.2, -0.15) is 0 Å². The topological polar surface area (TPSA) is 88.5 Å². The Labute approximate surface area is 110 Å². The summed E-state index contributed by atoms with van der Waals surface area (Å²) in [5, 5.41) is 11.4. The minimum absolute atomic E-state index is 0.0331. The number of carbonyl (C=O) groups is 2. The summed E-state index contributed by atoms with van der Waals surface area (Å²) < 4.78 is 5.18. The maximum atomic E-state index is 11.9. The van der Waals surface area contributed by atoms with E-state index in [1.165, 1.54) is 18.5 Å². The molecule has 0 aliphatic carbocycles. The second-order valence-electron chi connectivity index (χ2n) is 4.21. The molecule has 0 aromatic carbocycles. The first-order valence-corrected chi connectivity index (χ1v) is 5.90. The van der Waals surface area contributed by atoms with Crippen LogP contribution in [0, 0.1) is 0 Å². The van der Waals surface area contributed by atoms with Gasteiger partial charge in [0.15, 0.2) is 0 Å². The van der Waals surface area contributed by atoms with Crippen molar-refractivity contribution in [3.8, 4) is 0 Å². The number of carboxylic acids is 1. The zero-order valence-electron chi connectivity index (χ0n) is 10.2. The normalized spacial score (nSPS) is 18.6. The molecule has 2 rings (SSSR count). The molecule has 1 unspecified atom stereocenters. The number of aliphatic carboxylic acids is 1. The lowest BCUT2D eigenvalue weighted by Gasteiger charge is -2.10. The number of ether oxygens (including phenoxy) is 1. The summed E-state index contributed by atoms with van der Waals surface area (Å²) in [6.45, 7) is 1.18. The Morgan fingerprint density at radius 3 is 3.00 bits per heavy atom. The fourth-order valence-corrected chi connectivity index (χ4v) is 1.76. The minimum atomic E-state index is -1.04. The van der Waals surface area contributed by atoms with Crippen molar-refractivity contribution in [3.63, 3.8) is 0 Å². The molecule has 1 aromatic rings. The van der Waals surface area contributed by atoms with E-state index in [1.54, 1.807) is 6.07 Å². The van der Waals surface area contributed by atoms with E-state index in [0.29, 0.717) is 24.3 Å². The highest BCUT2D eigenvalue weighted by molar-refractivity contribution is 5.95. The average Bonchev–Trinajstić information content (AvgIpc) is 2.89. The Kier molecular flexibility index (Phi) is 4.25. The molecule has 1 fully saturated rings. The third kappa shape index (κ3) is 3.89. The highest BCUT2D eigenvalue weighted by Gasteiger charge is 2.18. The van der Waals surface area contributed by atoms with Crippen molar-refractivity contribution in [2.75, 3.05) is 13.2 Å². The zero-order valence-corrected chi connectivity index (χ0v) is 10.2. The molecule has 6 heteroatoms. The lowest BCUT2D eigenvalue weighted by Crippen LogP contribution is -2.35. The fraction of sp³-hybridized carbons (Fsp3) is 0.308. The summed E-state index contributed by atoms with van der Waals surface area (Å²) in [5.41, 5.74) is 0.970. The van der Waals surface area contributed by atoms with Crippen molar-refractivity contribution in [1.29, 1.82) is 0 Å². The third-order valence-corrected chi connectivity index (χ3v) is 2.70. The van der Waals surface area contributed by atoms with Gasteiger partial charge in [-0.25, -0.2) is 4.79 Å². The maximum Gasteiger partial charge on any atom is 0.328 e. The highest BCUT2D eigenvalue weighted by atomic mass is 16.5. The molecule has 2 N–H and O–H groups in total. The quantitative estimate of drug-likeness (QED) is 0.780. The van der Waals surface area contributed by atoms with Crippen LogP contribution in [0.2, 0.25) is 0 Å². The number of carbonyl (C=O) groups excluding carboxylic acids is 1. The molecule has 6 nitrogen and oxygen atoms in total. The number of carboxylic acid groups (broad SMARTS) is 1. The van der Waals surface area contributed by atoms with Crippen molar-refractivity contribution >= 4 is 18.0 Å². The van der Waals surface area contributed by atoms with Gasteiger partial charge >= 0.3 is 5.97 Å². The zero-order chi connectivity index (χ0) is 13.7. The van der Waals surface area contributed by atoms with E-state index >= 15 is 0 Å². The predicted octanol–water partition coefficient (Wildman–Crippen LogP) is 0.698. The molecule has 0 saturated carbocycles. The van der Waals surface area contributed by atoms with Crippen LogP contribution < -0.4 is 5.32 Å². The minimum Gasteiger partial charge on any atom is -0.478 e. The highest BCUT2D eigenvalue weighted by Crippen LogP contribution is 2.08. The van der Waals surface area contributed by atoms with Gasteiger partial charge in [-0.1, -0.05) is 0 Å². The summed E-state index contributed by atoms with van der Waals surface area (Å²) in [5.74, 6) is -1.27. The van der Waals surface area contributed by atoms with Crippen molar-refractivity contribution in [3.05, 3.63) is 35.7 Å². The molecule has 0 bridgehead atoms. The molecule has 1 aromatic heterocycles. The van der Waals surface area contributed by atoms with Crippen LogP contribution in [-0.4, -0.2) is 41.2 Å². The van der Waals surface area contributed by atoms with Gasteiger partial charge in [0.1, 0.15) is 0 Å². The van der Waals surface area contributed by atoms with E-state index in [1.807, 2.05) is 0 Å². The largest absolute Gasteiger partial charge is 0.478 e. The summed E-state index contributed by atoms with van der Waals surface area (Å²) in [4.78, 5) is 26.3. The van der Waals surface area contributed by atoms with Gasteiger partial charge in [-0.3, -0.25) is 9.78 Å². The average molecular weight is 262 g/mol. The van der Waals surface area contributed by atoms with Gasteiger partial charge in [0.25, 0.3) is 5.91 Å². The summed E-state index contributed by atoms with van der Waals surface area (Å²) >= 11 is 0. The van der Waals surface area contributed by atoms with E-state index in [-0.39, 0.29) is 11.9 Å². The number of rotatable bonds is 4. The van der Waals surface area contributed by atoms with Gasteiger partial charge in [0.05, 0.1) is 18.2 Å². The van der Waals surface area contributed by atoms with Gasteiger partial charge in [-0.05, 0) is 24.1 Å². The Morgan fingerprint density at radius 2 is 2.32 bits per heavy atom. The van der Waals surface area contributed by atoms with Crippen LogP contribution in [0.5, 0.6) is 0 Å². The second kappa shape index (κ2) is 6.10. The smallest absolute Gasteiger partial charge is 0.328 e. The monoisotopic (exact) mass is 262 g/mol. The van der Waals surface area contributed by atoms with Gasteiger partial charge < -0.3 is 15.2 Å². The molecule has 2 heterocycles. The Balaban J connectivity index is 2.04. The number of nitrogens with zero attached hydrogens (tertiary/aromatic N) is 1. The number of pyridine rings is 1. The molecule has 19 heavy (non-hydrogen) atoms. The molecule has 1 saturated heterocycles. The molecule has 1 aliphatic rings. The van der Waals surface area contributed by atoms with E-state index in [9.17, 15) is 9.59 Å². The first kappa shape index (κ1) is 13.2. The first-order valence-electron chi connectivity index (χ1n) is 5.90. The van der Waals surface area contributed by atoms with E-state index < -0.39 is 5.97 Å². The Bertz CT molecular complexity index is 507. The molecule has 1 aliphatic heterocycles. The molecule has 0 radical (unpaired) electrons. The van der Waals surface area contributed by atoms with Crippen LogP contribution in [-0.2, 0) is 9.53 Å². The fourth-order valence-electron chi connectivity index (χ4n) is 1.76. The van der Waals surface area contributed by atoms with Crippen LogP contribution in [0.3, 0.4) is 0 Å².